The van der Waals surface area contributed by atoms with Gasteiger partial charge < -0.3 is 9.47 Å². The molecule has 0 aliphatic carbocycles. The van der Waals surface area contributed by atoms with Gasteiger partial charge in [-0.2, -0.15) is 9.61 Å². The van der Waals surface area contributed by atoms with E-state index in [2.05, 4.69) is 10.1 Å². The van der Waals surface area contributed by atoms with Gasteiger partial charge in [0.25, 0.3) is 5.56 Å². The molecule has 29 heavy (non-hydrogen) atoms. The third-order valence-corrected chi connectivity index (χ3v) is 6.19. The number of carbonyl (C=O) groups is 1. The van der Waals surface area contributed by atoms with Crippen LogP contribution in [0.5, 0.6) is 5.75 Å². The molecule has 0 N–H and O–H groups in total. The Morgan fingerprint density at radius 2 is 2.03 bits per heavy atom. The fourth-order valence-electron chi connectivity index (χ4n) is 2.57. The van der Waals surface area contributed by atoms with E-state index in [1.807, 2.05) is 43.5 Å². The minimum absolute atomic E-state index is 0.104. The maximum Gasteiger partial charge on any atom is 0.344 e. The first kappa shape index (κ1) is 19.3. The van der Waals surface area contributed by atoms with Gasteiger partial charge in [0.2, 0.25) is 4.96 Å². The summed E-state index contributed by atoms with van der Waals surface area (Å²) in [6.45, 7) is 3.66. The van der Waals surface area contributed by atoms with E-state index in [1.165, 1.54) is 21.9 Å². The lowest BCUT2D eigenvalue weighted by Gasteiger charge is -2.08. The Kier molecular flexibility index (Phi) is 5.41. The van der Waals surface area contributed by atoms with E-state index >= 15 is 0 Å². The molecule has 0 atom stereocenters. The van der Waals surface area contributed by atoms with Crippen LogP contribution in [-0.2, 0) is 16.1 Å². The van der Waals surface area contributed by atoms with Crippen molar-refractivity contribution < 1.29 is 14.3 Å². The minimum atomic E-state index is -0.534. The van der Waals surface area contributed by atoms with Crippen LogP contribution in [0.2, 0.25) is 0 Å². The highest BCUT2D eigenvalue weighted by atomic mass is 32.1. The molecule has 148 valence electrons. The molecule has 7 nitrogen and oxygen atoms in total. The average Bonchev–Trinajstić information content (AvgIpc) is 3.37. The van der Waals surface area contributed by atoms with Crippen LogP contribution in [0, 0.1) is 13.8 Å². The van der Waals surface area contributed by atoms with E-state index in [1.54, 1.807) is 17.4 Å². The van der Waals surface area contributed by atoms with Gasteiger partial charge in [0, 0.05) is 6.07 Å². The molecule has 0 radical (unpaired) electrons. The zero-order valence-electron chi connectivity index (χ0n) is 15.7. The number of aryl methyl sites for hydroxylation is 2. The summed E-state index contributed by atoms with van der Waals surface area (Å²) in [7, 11) is 0. The molecule has 4 rings (SSSR count). The van der Waals surface area contributed by atoms with Crippen molar-refractivity contribution in [2.24, 2.45) is 0 Å². The molecular formula is C20H17N3O4S2. The van der Waals surface area contributed by atoms with Gasteiger partial charge >= 0.3 is 5.97 Å². The van der Waals surface area contributed by atoms with Crippen LogP contribution in [0.4, 0.5) is 0 Å². The number of benzene rings is 1. The van der Waals surface area contributed by atoms with E-state index < -0.39 is 5.97 Å². The molecule has 0 spiro atoms. The summed E-state index contributed by atoms with van der Waals surface area (Å²) in [6.07, 6.45) is 0. The normalized spacial score (nSPS) is 11.0. The molecule has 0 aliphatic heterocycles. The Morgan fingerprint density at radius 3 is 2.79 bits per heavy atom. The molecule has 4 aromatic rings. The van der Waals surface area contributed by atoms with E-state index in [0.717, 1.165) is 21.0 Å². The summed E-state index contributed by atoms with van der Waals surface area (Å²) in [5.41, 5.74) is 2.29. The van der Waals surface area contributed by atoms with Crippen LogP contribution >= 0.6 is 22.7 Å². The molecule has 3 heterocycles. The maximum absolute atomic E-state index is 12.3. The fourth-order valence-corrected chi connectivity index (χ4v) is 4.29. The summed E-state index contributed by atoms with van der Waals surface area (Å²) in [5.74, 6) is 0.0717. The van der Waals surface area contributed by atoms with Crippen LogP contribution in [0.1, 0.15) is 16.8 Å². The van der Waals surface area contributed by atoms with Gasteiger partial charge in [0.1, 0.15) is 12.4 Å². The predicted octanol–water partition coefficient (Wildman–Crippen LogP) is 3.62. The first-order valence-corrected chi connectivity index (χ1v) is 10.5. The molecule has 0 saturated carbocycles. The second-order valence-electron chi connectivity index (χ2n) is 6.36. The summed E-state index contributed by atoms with van der Waals surface area (Å²) in [5, 5.41) is 6.98. The van der Waals surface area contributed by atoms with E-state index in [9.17, 15) is 9.59 Å². The van der Waals surface area contributed by atoms with Gasteiger partial charge in [0.15, 0.2) is 11.6 Å². The highest BCUT2D eigenvalue weighted by molar-refractivity contribution is 7.23. The molecule has 0 amide bonds. The lowest BCUT2D eigenvalue weighted by atomic mass is 10.1. The Labute approximate surface area is 174 Å². The third-order valence-electron chi connectivity index (χ3n) is 4.25. The molecular weight excluding hydrogens is 410 g/mol. The van der Waals surface area contributed by atoms with Crippen molar-refractivity contribution >= 4 is 33.6 Å². The Bertz CT molecular complexity index is 1230. The number of hydrogen-bond acceptors (Lipinski definition) is 8. The number of aromatic nitrogens is 3. The highest BCUT2D eigenvalue weighted by Gasteiger charge is 2.13. The molecule has 3 aromatic heterocycles. The number of hydrogen-bond donors (Lipinski definition) is 0. The first-order chi connectivity index (χ1) is 14.0. The SMILES string of the molecule is Cc1ccc(OCC(=O)OCc2cc(=O)n3nc(-c4cccs4)sc3n2)cc1C. The first-order valence-electron chi connectivity index (χ1n) is 8.79. The van der Waals surface area contributed by atoms with E-state index in [4.69, 9.17) is 9.47 Å². The Hall–Kier alpha value is -3.04. The molecule has 0 bridgehead atoms. The summed E-state index contributed by atoms with van der Waals surface area (Å²) < 4.78 is 11.9. The van der Waals surface area contributed by atoms with Crippen LogP contribution in [-0.4, -0.2) is 27.2 Å². The number of nitrogens with zero attached hydrogens (tertiary/aromatic N) is 3. The van der Waals surface area contributed by atoms with Crippen molar-refractivity contribution in [2.75, 3.05) is 6.61 Å². The second-order valence-corrected chi connectivity index (χ2v) is 8.26. The average molecular weight is 428 g/mol. The summed E-state index contributed by atoms with van der Waals surface area (Å²) >= 11 is 2.86. The lowest BCUT2D eigenvalue weighted by Crippen LogP contribution is -2.18. The van der Waals surface area contributed by atoms with Crippen molar-refractivity contribution in [2.45, 2.75) is 20.5 Å². The second kappa shape index (κ2) is 8.14. The molecule has 0 fully saturated rings. The van der Waals surface area contributed by atoms with Crippen LogP contribution < -0.4 is 10.3 Å². The topological polar surface area (TPSA) is 82.8 Å². The number of rotatable bonds is 6. The Morgan fingerprint density at radius 1 is 1.17 bits per heavy atom. The van der Waals surface area contributed by atoms with Crippen molar-refractivity contribution in [3.8, 4) is 15.6 Å². The summed E-state index contributed by atoms with van der Waals surface area (Å²) in [4.78, 5) is 30.1. The number of thiophene rings is 1. The van der Waals surface area contributed by atoms with Gasteiger partial charge in [-0.15, -0.1) is 11.3 Å². The monoisotopic (exact) mass is 427 g/mol. The van der Waals surface area contributed by atoms with Gasteiger partial charge in [-0.05, 0) is 48.6 Å². The quantitative estimate of drug-likeness (QED) is 0.437. The van der Waals surface area contributed by atoms with E-state index in [-0.39, 0.29) is 18.8 Å². The van der Waals surface area contributed by atoms with Crippen LogP contribution in [0.3, 0.4) is 0 Å². The number of ether oxygens (including phenoxy) is 2. The molecule has 0 aliphatic rings. The van der Waals surface area contributed by atoms with Crippen molar-refractivity contribution in [3.63, 3.8) is 0 Å². The van der Waals surface area contributed by atoms with Crippen LogP contribution in [0.25, 0.3) is 14.8 Å². The minimum Gasteiger partial charge on any atom is -0.482 e. The lowest BCUT2D eigenvalue weighted by molar-refractivity contribution is -0.147. The zero-order chi connectivity index (χ0) is 20.4. The fraction of sp³-hybridized carbons (Fsp3) is 0.200. The summed E-state index contributed by atoms with van der Waals surface area (Å²) in [6, 6.07) is 10.8. The molecule has 1 aromatic carbocycles. The molecule has 9 heteroatoms. The maximum atomic E-state index is 12.3. The number of fused-ring (bicyclic) bond motifs is 1. The third kappa shape index (κ3) is 4.36. The number of carbonyl (C=O) groups excluding carboxylic acids is 1. The van der Waals surface area contributed by atoms with Crippen molar-refractivity contribution in [3.05, 3.63) is 69.0 Å². The van der Waals surface area contributed by atoms with Crippen molar-refractivity contribution in [1.29, 1.82) is 0 Å². The molecule has 0 saturated heterocycles. The smallest absolute Gasteiger partial charge is 0.344 e. The van der Waals surface area contributed by atoms with Crippen LogP contribution in [0.15, 0.2) is 46.6 Å². The standard InChI is InChI=1S/C20H17N3O4S2/c1-12-5-6-15(8-13(12)2)26-11-18(25)27-10-14-9-17(24)23-20(21-14)29-19(22-23)16-4-3-7-28-16/h3-9H,10-11H2,1-2H3. The Balaban J connectivity index is 1.40. The number of esters is 1. The molecule has 0 unspecified atom stereocenters. The van der Waals surface area contributed by atoms with Gasteiger partial charge in [-0.3, -0.25) is 4.79 Å². The van der Waals surface area contributed by atoms with Gasteiger partial charge in [0.05, 0.1) is 10.6 Å². The van der Waals surface area contributed by atoms with Gasteiger partial charge in [-0.1, -0.05) is 23.5 Å². The largest absolute Gasteiger partial charge is 0.482 e. The van der Waals surface area contributed by atoms with E-state index in [0.29, 0.717) is 16.4 Å². The highest BCUT2D eigenvalue weighted by Crippen LogP contribution is 2.28. The predicted molar refractivity (Wildman–Crippen MR) is 112 cm³/mol. The van der Waals surface area contributed by atoms with Gasteiger partial charge in [-0.25, -0.2) is 9.78 Å². The zero-order valence-corrected chi connectivity index (χ0v) is 17.4. The van der Waals surface area contributed by atoms with Crippen molar-refractivity contribution in [1.82, 2.24) is 14.6 Å².